The number of halogens is 2. The minimum atomic E-state index is -0.0701. The molecule has 5 heteroatoms. The van der Waals surface area contributed by atoms with Crippen LogP contribution in [-0.2, 0) is 0 Å². The topological polar surface area (TPSA) is 45.8 Å². The second-order valence-corrected chi connectivity index (χ2v) is 4.23. The van der Waals surface area contributed by atoms with E-state index in [-0.39, 0.29) is 5.78 Å². The predicted molar refractivity (Wildman–Crippen MR) is 58.8 cm³/mol. The first-order chi connectivity index (χ1) is 6.59. The lowest BCUT2D eigenvalue weighted by atomic mass is 10.2. The van der Waals surface area contributed by atoms with E-state index in [2.05, 4.69) is 26.1 Å². The third-order valence-electron chi connectivity index (χ3n) is 1.91. The van der Waals surface area contributed by atoms with Gasteiger partial charge in [-0.3, -0.25) is 9.89 Å². The number of nitrogens with one attached hydrogen (secondary N) is 1. The zero-order valence-corrected chi connectivity index (χ0v) is 9.61. The van der Waals surface area contributed by atoms with Gasteiger partial charge in [-0.15, -0.1) is 0 Å². The van der Waals surface area contributed by atoms with E-state index in [0.29, 0.717) is 10.7 Å². The van der Waals surface area contributed by atoms with Crippen molar-refractivity contribution in [2.45, 2.75) is 6.92 Å². The van der Waals surface area contributed by atoms with Crippen molar-refractivity contribution in [2.24, 2.45) is 0 Å². The molecule has 0 fully saturated rings. The molecule has 0 unspecified atom stereocenters. The van der Waals surface area contributed by atoms with Crippen LogP contribution in [0.15, 0.2) is 16.6 Å². The molecule has 1 aromatic carbocycles. The number of nitrogens with zero attached hydrogens (tertiary/aromatic N) is 1. The van der Waals surface area contributed by atoms with Crippen molar-refractivity contribution >= 4 is 44.2 Å². The lowest BCUT2D eigenvalue weighted by Gasteiger charge is -1.96. The summed E-state index contributed by atoms with van der Waals surface area (Å²) in [4.78, 5) is 11.2. The molecule has 72 valence electrons. The fourth-order valence-corrected chi connectivity index (χ4v) is 2.33. The Morgan fingerprint density at radius 3 is 2.93 bits per heavy atom. The van der Waals surface area contributed by atoms with Crippen molar-refractivity contribution in [3.63, 3.8) is 0 Å². The summed E-state index contributed by atoms with van der Waals surface area (Å²) in [5, 5.41) is 8.08. The van der Waals surface area contributed by atoms with Gasteiger partial charge in [0, 0.05) is 21.8 Å². The van der Waals surface area contributed by atoms with Gasteiger partial charge in [0.05, 0.1) is 5.52 Å². The SMILES string of the molecule is CC(=O)c1n[nH]c2cc(Cl)cc(Br)c12. The Morgan fingerprint density at radius 1 is 1.57 bits per heavy atom. The number of carbonyl (C=O) groups excluding carboxylic acids is 1. The van der Waals surface area contributed by atoms with Crippen LogP contribution in [-0.4, -0.2) is 16.0 Å². The first-order valence-electron chi connectivity index (χ1n) is 3.93. The van der Waals surface area contributed by atoms with Crippen LogP contribution < -0.4 is 0 Å². The molecule has 0 saturated heterocycles. The van der Waals surface area contributed by atoms with Crippen LogP contribution in [0.1, 0.15) is 17.4 Å². The van der Waals surface area contributed by atoms with Crippen LogP contribution in [0.5, 0.6) is 0 Å². The molecule has 0 bridgehead atoms. The highest BCUT2D eigenvalue weighted by molar-refractivity contribution is 9.10. The number of aromatic nitrogens is 2. The summed E-state index contributed by atoms with van der Waals surface area (Å²) in [6, 6.07) is 3.48. The van der Waals surface area contributed by atoms with Crippen LogP contribution >= 0.6 is 27.5 Å². The highest BCUT2D eigenvalue weighted by Gasteiger charge is 2.13. The van der Waals surface area contributed by atoms with Crippen molar-refractivity contribution < 1.29 is 4.79 Å². The van der Waals surface area contributed by atoms with E-state index in [1.54, 1.807) is 12.1 Å². The molecule has 2 aromatic rings. The number of rotatable bonds is 1. The Bertz CT molecular complexity index is 521. The maximum absolute atomic E-state index is 11.2. The second kappa shape index (κ2) is 3.37. The molecule has 0 saturated carbocycles. The van der Waals surface area contributed by atoms with E-state index in [4.69, 9.17) is 11.6 Å². The highest BCUT2D eigenvalue weighted by atomic mass is 79.9. The maximum atomic E-state index is 11.2. The largest absolute Gasteiger partial charge is 0.293 e. The molecule has 0 aliphatic rings. The predicted octanol–water partition coefficient (Wildman–Crippen LogP) is 3.18. The average molecular weight is 274 g/mol. The fourth-order valence-electron chi connectivity index (χ4n) is 1.33. The zero-order valence-electron chi connectivity index (χ0n) is 7.27. The first kappa shape index (κ1) is 9.68. The van der Waals surface area contributed by atoms with Crippen LogP contribution in [0.4, 0.5) is 0 Å². The van der Waals surface area contributed by atoms with Gasteiger partial charge in [-0.25, -0.2) is 0 Å². The summed E-state index contributed by atoms with van der Waals surface area (Å²) >= 11 is 9.20. The van der Waals surface area contributed by atoms with E-state index >= 15 is 0 Å². The quantitative estimate of drug-likeness (QED) is 0.811. The monoisotopic (exact) mass is 272 g/mol. The van der Waals surface area contributed by atoms with Crippen molar-refractivity contribution in [3.05, 3.63) is 27.3 Å². The molecule has 14 heavy (non-hydrogen) atoms. The molecule has 1 N–H and O–H groups in total. The summed E-state index contributed by atoms with van der Waals surface area (Å²) < 4.78 is 0.777. The molecule has 1 heterocycles. The van der Waals surface area contributed by atoms with Gasteiger partial charge in [0.2, 0.25) is 0 Å². The lowest BCUT2D eigenvalue weighted by molar-refractivity contribution is 0.101. The fraction of sp³-hybridized carbons (Fsp3) is 0.111. The van der Waals surface area contributed by atoms with Gasteiger partial charge in [0.1, 0.15) is 5.69 Å². The third kappa shape index (κ3) is 1.44. The minimum absolute atomic E-state index is 0.0701. The molecular weight excluding hydrogens is 267 g/mol. The Kier molecular flexibility index (Phi) is 2.33. The smallest absolute Gasteiger partial charge is 0.180 e. The molecule has 0 radical (unpaired) electrons. The number of ketones is 1. The third-order valence-corrected chi connectivity index (χ3v) is 2.76. The van der Waals surface area contributed by atoms with Gasteiger partial charge < -0.3 is 0 Å². The summed E-state index contributed by atoms with van der Waals surface area (Å²) in [5.74, 6) is -0.0701. The van der Waals surface area contributed by atoms with Gasteiger partial charge in [-0.1, -0.05) is 11.6 Å². The highest BCUT2D eigenvalue weighted by Crippen LogP contribution is 2.29. The van der Waals surface area contributed by atoms with Gasteiger partial charge in [-0.2, -0.15) is 5.10 Å². The minimum Gasteiger partial charge on any atom is -0.293 e. The van der Waals surface area contributed by atoms with E-state index < -0.39 is 0 Å². The number of aromatic amines is 1. The van der Waals surface area contributed by atoms with Gasteiger partial charge in [-0.05, 0) is 28.1 Å². The summed E-state index contributed by atoms with van der Waals surface area (Å²) in [7, 11) is 0. The number of Topliss-reactive ketones (excluding diaryl/α,β-unsaturated/α-hetero) is 1. The lowest BCUT2D eigenvalue weighted by Crippen LogP contribution is -1.92. The van der Waals surface area contributed by atoms with Gasteiger partial charge in [0.15, 0.2) is 5.78 Å². The number of benzene rings is 1. The molecule has 0 atom stereocenters. The van der Waals surface area contributed by atoms with Crippen LogP contribution in [0.3, 0.4) is 0 Å². The standard InChI is InChI=1S/C9H6BrClN2O/c1-4(14)9-8-6(10)2-5(11)3-7(8)12-13-9/h2-3H,1H3,(H,12,13). The molecule has 0 amide bonds. The van der Waals surface area contributed by atoms with E-state index in [1.807, 2.05) is 0 Å². The molecular formula is C9H6BrClN2O. The van der Waals surface area contributed by atoms with Gasteiger partial charge in [0.25, 0.3) is 0 Å². The van der Waals surface area contributed by atoms with Crippen LogP contribution in [0.25, 0.3) is 10.9 Å². The van der Waals surface area contributed by atoms with Crippen molar-refractivity contribution in [3.8, 4) is 0 Å². The van der Waals surface area contributed by atoms with E-state index in [9.17, 15) is 4.79 Å². The molecule has 0 spiro atoms. The molecule has 0 aliphatic heterocycles. The Hall–Kier alpha value is -0.870. The molecule has 1 aromatic heterocycles. The van der Waals surface area contributed by atoms with Crippen LogP contribution in [0, 0.1) is 0 Å². The van der Waals surface area contributed by atoms with E-state index in [0.717, 1.165) is 15.4 Å². The van der Waals surface area contributed by atoms with Crippen molar-refractivity contribution in [2.75, 3.05) is 0 Å². The molecule has 3 nitrogen and oxygen atoms in total. The van der Waals surface area contributed by atoms with Crippen LogP contribution in [0.2, 0.25) is 5.02 Å². The summed E-state index contributed by atoms with van der Waals surface area (Å²) in [6.45, 7) is 1.48. The average Bonchev–Trinajstić information content (AvgIpc) is 2.47. The second-order valence-electron chi connectivity index (χ2n) is 2.94. The Morgan fingerprint density at radius 2 is 2.29 bits per heavy atom. The Labute approximate surface area is 93.6 Å². The number of fused-ring (bicyclic) bond motifs is 1. The zero-order chi connectivity index (χ0) is 10.3. The molecule has 0 aliphatic carbocycles. The number of carbonyl (C=O) groups is 1. The number of H-pyrrole nitrogens is 1. The number of hydrogen-bond donors (Lipinski definition) is 1. The number of hydrogen-bond acceptors (Lipinski definition) is 2. The van der Waals surface area contributed by atoms with Crippen molar-refractivity contribution in [1.29, 1.82) is 0 Å². The summed E-state index contributed by atoms with van der Waals surface area (Å²) in [6.07, 6.45) is 0. The van der Waals surface area contributed by atoms with E-state index in [1.165, 1.54) is 6.92 Å². The maximum Gasteiger partial charge on any atom is 0.180 e. The van der Waals surface area contributed by atoms with Gasteiger partial charge >= 0.3 is 0 Å². The first-order valence-corrected chi connectivity index (χ1v) is 5.10. The normalized spacial score (nSPS) is 10.8. The van der Waals surface area contributed by atoms with Crippen molar-refractivity contribution in [1.82, 2.24) is 10.2 Å². The summed E-state index contributed by atoms with van der Waals surface area (Å²) in [5.41, 5.74) is 1.19. The molecule has 2 rings (SSSR count). The Balaban J connectivity index is 2.85.